The lowest BCUT2D eigenvalue weighted by atomic mass is 10.3. The van der Waals surface area contributed by atoms with Crippen LogP contribution in [-0.2, 0) is 12.2 Å². The second-order valence-corrected chi connectivity index (χ2v) is 5.82. The van der Waals surface area contributed by atoms with E-state index in [1.54, 1.807) is 0 Å². The maximum atomic E-state index is 5.90. The summed E-state index contributed by atoms with van der Waals surface area (Å²) in [6, 6.07) is 12.5. The van der Waals surface area contributed by atoms with Gasteiger partial charge in [-0.3, -0.25) is 0 Å². The number of rotatable bonds is 4. The van der Waals surface area contributed by atoms with Crippen LogP contribution in [0.3, 0.4) is 0 Å². The number of anilines is 1. The van der Waals surface area contributed by atoms with Crippen LogP contribution in [0.25, 0.3) is 0 Å². The zero-order valence-electron chi connectivity index (χ0n) is 9.27. The first-order chi connectivity index (χ1) is 7.79. The number of para-hydroxylation sites is 1. The van der Waals surface area contributed by atoms with E-state index in [4.69, 9.17) is 5.73 Å². The molecule has 0 radical (unpaired) electrons. The predicted octanol–water partition coefficient (Wildman–Crippen LogP) is 4.19. The van der Waals surface area contributed by atoms with Crippen LogP contribution in [0, 0.1) is 0 Å². The number of nitrogens with two attached hydrogens (primary N) is 1. The minimum atomic E-state index is 0.875. The maximum absolute atomic E-state index is 5.90. The summed E-state index contributed by atoms with van der Waals surface area (Å²) >= 11 is 3.71. The van der Waals surface area contributed by atoms with Crippen molar-refractivity contribution in [3.05, 3.63) is 46.2 Å². The zero-order valence-corrected chi connectivity index (χ0v) is 10.9. The second kappa shape index (κ2) is 5.41. The summed E-state index contributed by atoms with van der Waals surface area (Å²) in [5.74, 6) is 1.01. The smallest absolute Gasteiger partial charge is 0.0452 e. The van der Waals surface area contributed by atoms with Gasteiger partial charge in [0.1, 0.15) is 0 Å². The highest BCUT2D eigenvalue weighted by atomic mass is 32.2. The molecule has 2 rings (SSSR count). The zero-order chi connectivity index (χ0) is 11.4. The topological polar surface area (TPSA) is 26.0 Å². The Bertz CT molecular complexity index is 462. The number of hydrogen-bond acceptors (Lipinski definition) is 3. The van der Waals surface area contributed by atoms with Crippen LogP contribution in [0.2, 0.25) is 0 Å². The van der Waals surface area contributed by atoms with Gasteiger partial charge in [-0.25, -0.2) is 0 Å². The molecule has 2 N–H and O–H groups in total. The van der Waals surface area contributed by atoms with Crippen molar-refractivity contribution < 1.29 is 0 Å². The molecule has 0 spiro atoms. The first kappa shape index (κ1) is 11.6. The molecule has 3 heteroatoms. The molecule has 16 heavy (non-hydrogen) atoms. The molecule has 84 valence electrons. The summed E-state index contributed by atoms with van der Waals surface area (Å²) in [6.07, 6.45) is 1.13. The Morgan fingerprint density at radius 1 is 1.12 bits per heavy atom. The van der Waals surface area contributed by atoms with Crippen LogP contribution in [0.4, 0.5) is 5.69 Å². The molecule has 1 heterocycles. The van der Waals surface area contributed by atoms with Gasteiger partial charge in [-0.15, -0.1) is 23.1 Å². The van der Waals surface area contributed by atoms with Crippen LogP contribution in [0.1, 0.15) is 16.7 Å². The molecule has 0 bridgehead atoms. The average Bonchev–Trinajstić information content (AvgIpc) is 2.76. The summed E-state index contributed by atoms with van der Waals surface area (Å²) in [4.78, 5) is 4.05. The van der Waals surface area contributed by atoms with E-state index in [-0.39, 0.29) is 0 Å². The fourth-order valence-corrected chi connectivity index (χ4v) is 3.42. The van der Waals surface area contributed by atoms with E-state index in [2.05, 4.69) is 25.1 Å². The molecular formula is C13H15NS2. The Balaban J connectivity index is 1.99. The van der Waals surface area contributed by atoms with Gasteiger partial charge in [0.05, 0.1) is 0 Å². The van der Waals surface area contributed by atoms with Crippen molar-refractivity contribution >= 4 is 28.8 Å². The SMILES string of the molecule is CCc1ccc(CSc2ccccc2N)s1. The van der Waals surface area contributed by atoms with E-state index in [9.17, 15) is 0 Å². The molecule has 0 aliphatic carbocycles. The van der Waals surface area contributed by atoms with Crippen molar-refractivity contribution in [2.45, 2.75) is 24.0 Å². The molecule has 1 aromatic heterocycles. The summed E-state index contributed by atoms with van der Waals surface area (Å²) in [6.45, 7) is 2.19. The monoisotopic (exact) mass is 249 g/mol. The van der Waals surface area contributed by atoms with Crippen molar-refractivity contribution in [3.63, 3.8) is 0 Å². The van der Waals surface area contributed by atoms with E-state index in [0.29, 0.717) is 0 Å². The van der Waals surface area contributed by atoms with Gasteiger partial charge in [0.2, 0.25) is 0 Å². The van der Waals surface area contributed by atoms with E-state index < -0.39 is 0 Å². The summed E-state index contributed by atoms with van der Waals surface area (Å²) in [7, 11) is 0. The van der Waals surface area contributed by atoms with Crippen molar-refractivity contribution in [2.24, 2.45) is 0 Å². The molecule has 0 saturated heterocycles. The molecule has 0 aliphatic heterocycles. The van der Waals surface area contributed by atoms with Gasteiger partial charge in [-0.05, 0) is 30.7 Å². The van der Waals surface area contributed by atoms with Gasteiger partial charge in [0.25, 0.3) is 0 Å². The normalized spacial score (nSPS) is 10.6. The minimum Gasteiger partial charge on any atom is -0.398 e. The average molecular weight is 249 g/mol. The third-order valence-electron chi connectivity index (χ3n) is 2.35. The van der Waals surface area contributed by atoms with Gasteiger partial charge in [-0.2, -0.15) is 0 Å². The van der Waals surface area contributed by atoms with Gasteiger partial charge in [-0.1, -0.05) is 19.1 Å². The van der Waals surface area contributed by atoms with Crippen LogP contribution in [-0.4, -0.2) is 0 Å². The lowest BCUT2D eigenvalue weighted by Crippen LogP contribution is -1.87. The quantitative estimate of drug-likeness (QED) is 0.649. The largest absolute Gasteiger partial charge is 0.398 e. The van der Waals surface area contributed by atoms with E-state index in [1.165, 1.54) is 14.6 Å². The third-order valence-corrected chi connectivity index (χ3v) is 4.91. The molecule has 1 nitrogen and oxygen atoms in total. The van der Waals surface area contributed by atoms with Crippen LogP contribution in [0.5, 0.6) is 0 Å². The highest BCUT2D eigenvalue weighted by Gasteiger charge is 2.02. The molecule has 0 saturated carbocycles. The van der Waals surface area contributed by atoms with Crippen LogP contribution >= 0.6 is 23.1 Å². The molecule has 0 aliphatic rings. The number of aryl methyl sites for hydroxylation is 1. The number of thioether (sulfide) groups is 1. The number of hydrogen-bond donors (Lipinski definition) is 1. The Labute approximate surface area is 105 Å². The second-order valence-electron chi connectivity index (χ2n) is 3.55. The standard InChI is InChI=1S/C13H15NS2/c1-2-10-7-8-11(16-10)9-15-13-6-4-3-5-12(13)14/h3-8H,2,9,14H2,1H3. The summed E-state index contributed by atoms with van der Waals surface area (Å²) in [5.41, 5.74) is 6.77. The van der Waals surface area contributed by atoms with E-state index >= 15 is 0 Å². The van der Waals surface area contributed by atoms with Crippen molar-refractivity contribution in [3.8, 4) is 0 Å². The lowest BCUT2D eigenvalue weighted by Gasteiger charge is -2.03. The van der Waals surface area contributed by atoms with Crippen molar-refractivity contribution in [1.29, 1.82) is 0 Å². The Kier molecular flexibility index (Phi) is 3.91. The summed E-state index contributed by atoms with van der Waals surface area (Å²) < 4.78 is 0. The number of nitrogen functional groups attached to an aromatic ring is 1. The highest BCUT2D eigenvalue weighted by Crippen LogP contribution is 2.30. The maximum Gasteiger partial charge on any atom is 0.0452 e. The number of thiophene rings is 1. The van der Waals surface area contributed by atoms with E-state index in [0.717, 1.165) is 17.9 Å². The van der Waals surface area contributed by atoms with Gasteiger partial charge in [0.15, 0.2) is 0 Å². The molecule has 0 unspecified atom stereocenters. The Morgan fingerprint density at radius 3 is 2.56 bits per heavy atom. The molecule has 2 aromatic rings. The third kappa shape index (κ3) is 2.80. The fraction of sp³-hybridized carbons (Fsp3) is 0.231. The lowest BCUT2D eigenvalue weighted by molar-refractivity contribution is 1.19. The van der Waals surface area contributed by atoms with Gasteiger partial charge < -0.3 is 5.73 Å². The first-order valence-electron chi connectivity index (χ1n) is 5.34. The Hall–Kier alpha value is -0.930. The minimum absolute atomic E-state index is 0.875. The fourth-order valence-electron chi connectivity index (χ4n) is 1.45. The van der Waals surface area contributed by atoms with Crippen molar-refractivity contribution in [1.82, 2.24) is 0 Å². The highest BCUT2D eigenvalue weighted by molar-refractivity contribution is 7.98. The van der Waals surface area contributed by atoms with E-state index in [1.807, 2.05) is 41.3 Å². The first-order valence-corrected chi connectivity index (χ1v) is 7.14. The molecule has 1 aromatic carbocycles. The predicted molar refractivity (Wildman–Crippen MR) is 74.1 cm³/mol. The van der Waals surface area contributed by atoms with Gasteiger partial charge >= 0.3 is 0 Å². The van der Waals surface area contributed by atoms with Crippen LogP contribution in [0.15, 0.2) is 41.3 Å². The number of benzene rings is 1. The Morgan fingerprint density at radius 2 is 1.88 bits per heavy atom. The molecular weight excluding hydrogens is 234 g/mol. The summed E-state index contributed by atoms with van der Waals surface area (Å²) in [5, 5.41) is 0. The van der Waals surface area contributed by atoms with Gasteiger partial charge in [0, 0.05) is 26.1 Å². The molecule has 0 atom stereocenters. The molecule has 0 amide bonds. The van der Waals surface area contributed by atoms with Crippen LogP contribution < -0.4 is 5.73 Å². The molecule has 0 fully saturated rings. The van der Waals surface area contributed by atoms with Crippen molar-refractivity contribution in [2.75, 3.05) is 5.73 Å².